The number of aryl methyl sites for hydroxylation is 1. The van der Waals surface area contributed by atoms with Gasteiger partial charge in [-0.15, -0.1) is 0 Å². The fraction of sp³-hybridized carbons (Fsp3) is 0.733. The summed E-state index contributed by atoms with van der Waals surface area (Å²) >= 11 is 0. The summed E-state index contributed by atoms with van der Waals surface area (Å²) in [6.45, 7) is 6.07. The first-order valence-corrected chi connectivity index (χ1v) is 9.88. The van der Waals surface area contributed by atoms with E-state index in [0.717, 1.165) is 25.2 Å². The largest absolute Gasteiger partial charge is 0.361 e. The maximum Gasteiger partial charge on any atom is 0.230 e. The first kappa shape index (κ1) is 16.4. The molecule has 0 radical (unpaired) electrons. The molecule has 2 atom stereocenters. The molecule has 1 aromatic rings. The van der Waals surface area contributed by atoms with Crippen LogP contribution in [0.4, 0.5) is 0 Å². The van der Waals surface area contributed by atoms with Crippen molar-refractivity contribution in [1.29, 1.82) is 0 Å². The minimum Gasteiger partial charge on any atom is -0.361 e. The molecule has 3 rings (SSSR count). The highest BCUT2D eigenvalue weighted by molar-refractivity contribution is 7.91. The van der Waals surface area contributed by atoms with Crippen LogP contribution in [0.5, 0.6) is 0 Å². The molecule has 3 heterocycles. The molecule has 2 aliphatic heterocycles. The second-order valence-electron chi connectivity index (χ2n) is 6.45. The van der Waals surface area contributed by atoms with Crippen LogP contribution < -0.4 is 0 Å². The molecule has 0 saturated carbocycles. The maximum absolute atomic E-state index is 12.6. The van der Waals surface area contributed by atoms with Crippen LogP contribution in [0, 0.1) is 6.92 Å². The standard InChI is InChI=1S/C15H23N3O4S/c1-3-4-17-5-6-18(14-10-23(20,21)9-13(14)17)15(19)8-12-7-11(2)16-22-12/h7,13-14H,3-6,8-10H2,1-2H3/t13-,14+/m1/s1. The lowest BCUT2D eigenvalue weighted by Crippen LogP contribution is -2.60. The second-order valence-corrected chi connectivity index (χ2v) is 8.60. The third kappa shape index (κ3) is 3.42. The van der Waals surface area contributed by atoms with E-state index in [9.17, 15) is 13.2 Å². The molecule has 0 spiro atoms. The van der Waals surface area contributed by atoms with Gasteiger partial charge in [0.2, 0.25) is 5.91 Å². The fourth-order valence-electron chi connectivity index (χ4n) is 3.65. The SMILES string of the molecule is CCCN1CCN(C(=O)Cc2cc(C)no2)[C@H]2CS(=O)(=O)C[C@H]21. The summed E-state index contributed by atoms with van der Waals surface area (Å²) in [6, 6.07) is 1.43. The Bertz CT molecular complexity index is 685. The highest BCUT2D eigenvalue weighted by Crippen LogP contribution is 2.27. The Morgan fingerprint density at radius 1 is 1.35 bits per heavy atom. The number of nitrogens with zero attached hydrogens (tertiary/aromatic N) is 3. The summed E-state index contributed by atoms with van der Waals surface area (Å²) in [5.74, 6) is 0.673. The molecule has 1 amide bonds. The number of rotatable bonds is 4. The van der Waals surface area contributed by atoms with Gasteiger partial charge in [-0.25, -0.2) is 8.42 Å². The van der Waals surface area contributed by atoms with Gasteiger partial charge in [0, 0.05) is 25.2 Å². The Balaban J connectivity index is 1.76. The molecule has 0 N–H and O–H groups in total. The summed E-state index contributed by atoms with van der Waals surface area (Å²) in [4.78, 5) is 16.6. The van der Waals surface area contributed by atoms with Gasteiger partial charge in [-0.3, -0.25) is 9.69 Å². The lowest BCUT2D eigenvalue weighted by atomic mass is 10.0. The molecule has 8 heteroatoms. The number of carbonyl (C=O) groups excluding carboxylic acids is 1. The number of hydrogen-bond donors (Lipinski definition) is 0. The molecule has 128 valence electrons. The lowest BCUT2D eigenvalue weighted by molar-refractivity contribution is -0.136. The summed E-state index contributed by atoms with van der Waals surface area (Å²) < 4.78 is 29.3. The zero-order chi connectivity index (χ0) is 16.6. The Hall–Kier alpha value is -1.41. The van der Waals surface area contributed by atoms with Crippen LogP contribution in [0.2, 0.25) is 0 Å². The molecule has 1 aromatic heterocycles. The van der Waals surface area contributed by atoms with Crippen molar-refractivity contribution in [3.8, 4) is 0 Å². The average Bonchev–Trinajstić information content (AvgIpc) is 3.01. The number of hydrogen-bond acceptors (Lipinski definition) is 6. The van der Waals surface area contributed by atoms with E-state index in [-0.39, 0.29) is 35.9 Å². The lowest BCUT2D eigenvalue weighted by Gasteiger charge is -2.43. The van der Waals surface area contributed by atoms with Crippen LogP contribution in [-0.2, 0) is 21.1 Å². The van der Waals surface area contributed by atoms with Crippen molar-refractivity contribution in [3.05, 3.63) is 17.5 Å². The predicted octanol–water partition coefficient (Wildman–Crippen LogP) is 0.245. The molecule has 0 aromatic carbocycles. The quantitative estimate of drug-likeness (QED) is 0.780. The van der Waals surface area contributed by atoms with Gasteiger partial charge < -0.3 is 9.42 Å². The van der Waals surface area contributed by atoms with Gasteiger partial charge in [-0.2, -0.15) is 0 Å². The Kier molecular flexibility index (Phi) is 4.46. The van der Waals surface area contributed by atoms with Crippen molar-refractivity contribution in [2.75, 3.05) is 31.1 Å². The molecule has 0 bridgehead atoms. The number of fused-ring (bicyclic) bond motifs is 1. The molecule has 2 fully saturated rings. The van der Waals surface area contributed by atoms with E-state index in [1.807, 2.05) is 0 Å². The minimum atomic E-state index is -3.09. The molecule has 2 aliphatic rings. The fourth-order valence-corrected chi connectivity index (χ4v) is 5.66. The van der Waals surface area contributed by atoms with E-state index in [1.165, 1.54) is 0 Å². The van der Waals surface area contributed by atoms with Crippen LogP contribution in [0.15, 0.2) is 10.6 Å². The van der Waals surface area contributed by atoms with Gasteiger partial charge in [-0.05, 0) is 19.9 Å². The van der Waals surface area contributed by atoms with Crippen LogP contribution in [0.3, 0.4) is 0 Å². The molecular formula is C15H23N3O4S. The van der Waals surface area contributed by atoms with Crippen LogP contribution in [0.1, 0.15) is 24.8 Å². The zero-order valence-corrected chi connectivity index (χ0v) is 14.4. The van der Waals surface area contributed by atoms with Gasteiger partial charge >= 0.3 is 0 Å². The van der Waals surface area contributed by atoms with E-state index in [0.29, 0.717) is 12.3 Å². The van der Waals surface area contributed by atoms with E-state index < -0.39 is 9.84 Å². The molecule has 0 unspecified atom stereocenters. The average molecular weight is 341 g/mol. The molecule has 2 saturated heterocycles. The van der Waals surface area contributed by atoms with Crippen LogP contribution >= 0.6 is 0 Å². The van der Waals surface area contributed by atoms with Gasteiger partial charge in [-0.1, -0.05) is 12.1 Å². The topological polar surface area (TPSA) is 83.7 Å². The smallest absolute Gasteiger partial charge is 0.230 e. The molecule has 23 heavy (non-hydrogen) atoms. The first-order valence-electron chi connectivity index (χ1n) is 8.06. The summed E-state index contributed by atoms with van der Waals surface area (Å²) in [6.07, 6.45) is 1.12. The Morgan fingerprint density at radius 3 is 2.74 bits per heavy atom. The van der Waals surface area contributed by atoms with Crippen molar-refractivity contribution >= 4 is 15.7 Å². The first-order chi connectivity index (χ1) is 10.9. The van der Waals surface area contributed by atoms with Crippen molar-refractivity contribution in [3.63, 3.8) is 0 Å². The van der Waals surface area contributed by atoms with E-state index >= 15 is 0 Å². The van der Waals surface area contributed by atoms with E-state index in [2.05, 4.69) is 17.0 Å². The van der Waals surface area contributed by atoms with Gasteiger partial charge in [0.15, 0.2) is 9.84 Å². The minimum absolute atomic E-state index is 0.0685. The van der Waals surface area contributed by atoms with Crippen LogP contribution in [-0.4, -0.2) is 72.5 Å². The number of carbonyl (C=O) groups is 1. The van der Waals surface area contributed by atoms with Gasteiger partial charge in [0.25, 0.3) is 0 Å². The van der Waals surface area contributed by atoms with Crippen LogP contribution in [0.25, 0.3) is 0 Å². The number of aromatic nitrogens is 1. The summed E-state index contributed by atoms with van der Waals surface area (Å²) in [5.41, 5.74) is 0.738. The third-order valence-corrected chi connectivity index (χ3v) is 6.32. The Labute approximate surface area is 136 Å². The van der Waals surface area contributed by atoms with Crippen molar-refractivity contribution in [2.45, 2.75) is 38.8 Å². The van der Waals surface area contributed by atoms with Crippen molar-refractivity contribution < 1.29 is 17.7 Å². The summed E-state index contributed by atoms with van der Waals surface area (Å²) in [7, 11) is -3.09. The zero-order valence-electron chi connectivity index (χ0n) is 13.6. The number of sulfone groups is 1. The van der Waals surface area contributed by atoms with Crippen molar-refractivity contribution in [1.82, 2.24) is 15.0 Å². The Morgan fingerprint density at radius 2 is 2.09 bits per heavy atom. The number of amides is 1. The predicted molar refractivity (Wildman–Crippen MR) is 84.8 cm³/mol. The molecular weight excluding hydrogens is 318 g/mol. The normalized spacial score (nSPS) is 27.1. The van der Waals surface area contributed by atoms with Crippen molar-refractivity contribution in [2.24, 2.45) is 0 Å². The molecule has 0 aliphatic carbocycles. The maximum atomic E-state index is 12.6. The van der Waals surface area contributed by atoms with E-state index in [1.54, 1.807) is 17.9 Å². The van der Waals surface area contributed by atoms with E-state index in [4.69, 9.17) is 4.52 Å². The van der Waals surface area contributed by atoms with Gasteiger partial charge in [0.1, 0.15) is 5.76 Å². The summed E-state index contributed by atoms with van der Waals surface area (Å²) in [5, 5.41) is 3.79. The monoisotopic (exact) mass is 341 g/mol. The highest BCUT2D eigenvalue weighted by atomic mass is 32.2. The highest BCUT2D eigenvalue weighted by Gasteiger charge is 2.47. The molecule has 7 nitrogen and oxygen atoms in total. The second kappa shape index (κ2) is 6.24. The number of piperazine rings is 1. The third-order valence-electron chi connectivity index (χ3n) is 4.62. The van der Waals surface area contributed by atoms with Gasteiger partial charge in [0.05, 0.1) is 29.7 Å².